The van der Waals surface area contributed by atoms with Crippen LogP contribution in [-0.2, 0) is 17.6 Å². The highest BCUT2D eigenvalue weighted by atomic mass is 32.1. The van der Waals surface area contributed by atoms with Gasteiger partial charge in [-0.25, -0.2) is 0 Å². The minimum Gasteiger partial charge on any atom is -0.484 e. The number of thiophene rings is 1. The molecule has 0 saturated heterocycles. The van der Waals surface area contributed by atoms with Gasteiger partial charge in [0.1, 0.15) is 16.8 Å². The quantitative estimate of drug-likeness (QED) is 0.752. The topological polar surface area (TPSA) is 62.1 Å². The number of hydrogen-bond acceptors (Lipinski definition) is 4. The maximum Gasteiger partial charge on any atom is 0.262 e. The first-order valence-electron chi connectivity index (χ1n) is 9.73. The van der Waals surface area contributed by atoms with E-state index in [4.69, 9.17) is 4.74 Å². The van der Waals surface area contributed by atoms with Gasteiger partial charge in [-0.2, -0.15) is 5.26 Å². The van der Waals surface area contributed by atoms with Crippen LogP contribution >= 0.6 is 11.3 Å². The second-order valence-corrected chi connectivity index (χ2v) is 9.81. The first-order valence-corrected chi connectivity index (χ1v) is 10.5. The normalized spacial score (nSPS) is 16.2. The van der Waals surface area contributed by atoms with Crippen molar-refractivity contribution in [3.8, 4) is 11.8 Å². The third kappa shape index (κ3) is 4.39. The summed E-state index contributed by atoms with van der Waals surface area (Å²) in [6.45, 7) is 10.8. The van der Waals surface area contributed by atoms with Crippen molar-refractivity contribution >= 4 is 22.2 Å². The van der Waals surface area contributed by atoms with Crippen LogP contribution in [0.1, 0.15) is 54.3 Å². The highest BCUT2D eigenvalue weighted by Crippen LogP contribution is 2.43. The van der Waals surface area contributed by atoms with E-state index in [0.717, 1.165) is 30.4 Å². The number of rotatable bonds is 4. The van der Waals surface area contributed by atoms with E-state index in [1.54, 1.807) is 11.3 Å². The number of carbonyl (C=O) groups excluding carboxylic acids is 1. The SMILES string of the molecule is Cc1ccc(OCC(=O)Nc2sc3c(c2C#N)CC[C@@H](C(C)(C)C)C3)cc1C. The molecule has 1 aliphatic rings. The van der Waals surface area contributed by atoms with Crippen molar-refractivity contribution in [1.29, 1.82) is 5.26 Å². The van der Waals surface area contributed by atoms with Gasteiger partial charge in [-0.1, -0.05) is 26.8 Å². The van der Waals surface area contributed by atoms with Crippen molar-refractivity contribution in [3.05, 3.63) is 45.3 Å². The molecule has 0 radical (unpaired) electrons. The third-order valence-corrected chi connectivity index (χ3v) is 6.87. The Morgan fingerprint density at radius 1 is 1.32 bits per heavy atom. The lowest BCUT2D eigenvalue weighted by Crippen LogP contribution is -2.26. The standard InChI is InChI=1S/C23H28N2O2S/c1-14-6-8-17(10-15(14)2)27-13-21(26)25-22-19(12-24)18-9-7-16(23(3,4)5)11-20(18)28-22/h6,8,10,16H,7,9,11,13H2,1-5H3,(H,25,26)/t16-/m1/s1. The monoisotopic (exact) mass is 396 g/mol. The molecule has 4 nitrogen and oxygen atoms in total. The van der Waals surface area contributed by atoms with Crippen molar-refractivity contribution in [2.45, 2.75) is 53.9 Å². The van der Waals surface area contributed by atoms with Crippen molar-refractivity contribution in [2.75, 3.05) is 11.9 Å². The molecule has 1 aromatic carbocycles. The van der Waals surface area contributed by atoms with Gasteiger partial charge in [0.05, 0.1) is 5.56 Å². The van der Waals surface area contributed by atoms with Gasteiger partial charge in [-0.3, -0.25) is 4.79 Å². The zero-order valence-electron chi connectivity index (χ0n) is 17.3. The number of amides is 1. The minimum absolute atomic E-state index is 0.0689. The Labute approximate surface area is 171 Å². The number of nitriles is 1. The summed E-state index contributed by atoms with van der Waals surface area (Å²) in [6.07, 6.45) is 2.98. The first-order chi connectivity index (χ1) is 13.2. The van der Waals surface area contributed by atoms with E-state index in [9.17, 15) is 10.1 Å². The highest BCUT2D eigenvalue weighted by Gasteiger charge is 2.32. The average molecular weight is 397 g/mol. The second kappa shape index (κ2) is 7.97. The van der Waals surface area contributed by atoms with E-state index in [-0.39, 0.29) is 17.9 Å². The van der Waals surface area contributed by atoms with Crippen LogP contribution in [0.2, 0.25) is 0 Å². The molecule has 2 aromatic rings. The predicted molar refractivity (Wildman–Crippen MR) is 114 cm³/mol. The summed E-state index contributed by atoms with van der Waals surface area (Å²) in [5.41, 5.74) is 4.32. The van der Waals surface area contributed by atoms with Crippen molar-refractivity contribution in [3.63, 3.8) is 0 Å². The Kier molecular flexibility index (Phi) is 5.81. The van der Waals surface area contributed by atoms with Gasteiger partial charge in [0.2, 0.25) is 0 Å². The number of carbonyl (C=O) groups is 1. The number of fused-ring (bicyclic) bond motifs is 1. The molecule has 1 aliphatic carbocycles. The summed E-state index contributed by atoms with van der Waals surface area (Å²) in [6, 6.07) is 8.08. The van der Waals surface area contributed by atoms with Crippen LogP contribution in [0.15, 0.2) is 18.2 Å². The second-order valence-electron chi connectivity index (χ2n) is 8.71. The summed E-state index contributed by atoms with van der Waals surface area (Å²) in [7, 11) is 0. The van der Waals surface area contributed by atoms with Crippen LogP contribution in [0.3, 0.4) is 0 Å². The summed E-state index contributed by atoms with van der Waals surface area (Å²) in [5, 5.41) is 13.2. The lowest BCUT2D eigenvalue weighted by molar-refractivity contribution is -0.118. The Morgan fingerprint density at radius 3 is 2.71 bits per heavy atom. The fraction of sp³-hybridized carbons (Fsp3) is 0.478. The molecule has 0 bridgehead atoms. The lowest BCUT2D eigenvalue weighted by atomic mass is 9.72. The van der Waals surface area contributed by atoms with E-state index in [1.165, 1.54) is 10.4 Å². The van der Waals surface area contributed by atoms with E-state index in [0.29, 0.717) is 22.2 Å². The summed E-state index contributed by atoms with van der Waals surface area (Å²) in [4.78, 5) is 13.6. The van der Waals surface area contributed by atoms with Crippen molar-refractivity contribution in [2.24, 2.45) is 11.3 Å². The Bertz CT molecular complexity index is 931. The molecule has 5 heteroatoms. The molecule has 1 heterocycles. The maximum absolute atomic E-state index is 12.4. The molecular weight excluding hydrogens is 368 g/mol. The molecule has 1 atom stereocenters. The minimum atomic E-state index is -0.235. The molecule has 1 amide bonds. The molecule has 0 unspecified atom stereocenters. The fourth-order valence-corrected chi connectivity index (χ4v) is 4.94. The van der Waals surface area contributed by atoms with Crippen molar-refractivity contribution in [1.82, 2.24) is 0 Å². The number of nitrogens with one attached hydrogen (secondary N) is 1. The van der Waals surface area contributed by atoms with Gasteiger partial charge < -0.3 is 10.1 Å². The Hall–Kier alpha value is -2.32. The van der Waals surface area contributed by atoms with E-state index < -0.39 is 0 Å². The van der Waals surface area contributed by atoms with Gasteiger partial charge in [0, 0.05) is 4.88 Å². The maximum atomic E-state index is 12.4. The van der Waals surface area contributed by atoms with Gasteiger partial charge in [-0.15, -0.1) is 11.3 Å². The van der Waals surface area contributed by atoms with Gasteiger partial charge in [0.25, 0.3) is 5.91 Å². The van der Waals surface area contributed by atoms with Gasteiger partial charge in [-0.05, 0) is 73.3 Å². The fourth-order valence-electron chi connectivity index (χ4n) is 3.65. The molecule has 0 spiro atoms. The van der Waals surface area contributed by atoms with Crippen LogP contribution in [0, 0.1) is 36.5 Å². The average Bonchev–Trinajstić information content (AvgIpc) is 2.98. The molecule has 0 saturated carbocycles. The zero-order chi connectivity index (χ0) is 20.5. The zero-order valence-corrected chi connectivity index (χ0v) is 18.1. The molecule has 148 valence electrons. The number of hydrogen-bond donors (Lipinski definition) is 1. The lowest BCUT2D eigenvalue weighted by Gasteiger charge is -2.33. The molecular formula is C23H28N2O2S. The number of ether oxygens (including phenoxy) is 1. The molecule has 0 aliphatic heterocycles. The summed E-state index contributed by atoms with van der Waals surface area (Å²) < 4.78 is 5.62. The van der Waals surface area contributed by atoms with Gasteiger partial charge >= 0.3 is 0 Å². The first kappa shape index (κ1) is 20.4. The highest BCUT2D eigenvalue weighted by molar-refractivity contribution is 7.16. The van der Waals surface area contributed by atoms with Crippen LogP contribution < -0.4 is 10.1 Å². The Morgan fingerprint density at radius 2 is 2.07 bits per heavy atom. The largest absolute Gasteiger partial charge is 0.484 e. The molecule has 28 heavy (non-hydrogen) atoms. The number of aryl methyl sites for hydroxylation is 2. The van der Waals surface area contributed by atoms with Crippen LogP contribution in [0.4, 0.5) is 5.00 Å². The van der Waals surface area contributed by atoms with E-state index >= 15 is 0 Å². The number of nitrogens with zero attached hydrogens (tertiary/aromatic N) is 1. The predicted octanol–water partition coefficient (Wildman–Crippen LogP) is 5.41. The van der Waals surface area contributed by atoms with Crippen LogP contribution in [0.5, 0.6) is 5.75 Å². The van der Waals surface area contributed by atoms with Crippen LogP contribution in [0.25, 0.3) is 0 Å². The molecule has 1 aromatic heterocycles. The van der Waals surface area contributed by atoms with E-state index in [2.05, 4.69) is 32.2 Å². The number of anilines is 1. The van der Waals surface area contributed by atoms with Crippen LogP contribution in [-0.4, -0.2) is 12.5 Å². The Balaban J connectivity index is 1.69. The smallest absolute Gasteiger partial charge is 0.262 e. The summed E-state index contributed by atoms with van der Waals surface area (Å²) in [5.74, 6) is 1.04. The molecule has 1 N–H and O–H groups in total. The number of benzene rings is 1. The van der Waals surface area contributed by atoms with Gasteiger partial charge in [0.15, 0.2) is 6.61 Å². The van der Waals surface area contributed by atoms with Crippen molar-refractivity contribution < 1.29 is 9.53 Å². The third-order valence-electron chi connectivity index (χ3n) is 5.70. The molecule has 0 fully saturated rings. The molecule has 3 rings (SSSR count). The summed E-state index contributed by atoms with van der Waals surface area (Å²) >= 11 is 1.55. The van der Waals surface area contributed by atoms with E-state index in [1.807, 2.05) is 32.0 Å².